The third kappa shape index (κ3) is 3.83. The molecule has 2 aromatic heterocycles. The van der Waals surface area contributed by atoms with Gasteiger partial charge in [-0.05, 0) is 26.0 Å². The number of halogens is 2. The normalized spacial score (nSPS) is 11.3. The van der Waals surface area contributed by atoms with E-state index >= 15 is 0 Å². The molecule has 0 radical (unpaired) electrons. The van der Waals surface area contributed by atoms with Gasteiger partial charge < -0.3 is 10.1 Å². The Morgan fingerprint density at radius 1 is 1.38 bits per heavy atom. The Morgan fingerprint density at radius 3 is 2.81 bits per heavy atom. The molecule has 2 aromatic rings. The molecule has 0 aliphatic heterocycles. The van der Waals surface area contributed by atoms with Crippen LogP contribution < -0.4 is 5.32 Å². The van der Waals surface area contributed by atoms with Gasteiger partial charge in [0, 0.05) is 6.54 Å². The van der Waals surface area contributed by atoms with Gasteiger partial charge in [0.25, 0.3) is 6.43 Å². The van der Waals surface area contributed by atoms with Crippen molar-refractivity contribution in [2.24, 2.45) is 0 Å². The number of nitrogens with one attached hydrogen (secondary N) is 1. The zero-order valence-electron chi connectivity index (χ0n) is 11.6. The van der Waals surface area contributed by atoms with Crippen molar-refractivity contribution < 1.29 is 18.3 Å². The smallest absolute Gasteiger partial charge is 0.307 e. The average molecular weight is 299 g/mol. The predicted molar refractivity (Wildman–Crippen MR) is 70.1 cm³/mol. The number of fused-ring (bicyclic) bond motifs is 1. The Hall–Kier alpha value is -2.32. The van der Waals surface area contributed by atoms with Crippen LogP contribution in [-0.2, 0) is 9.53 Å². The van der Waals surface area contributed by atoms with Gasteiger partial charge in [0.05, 0.1) is 12.5 Å². The van der Waals surface area contributed by atoms with Crippen LogP contribution in [0.5, 0.6) is 0 Å². The number of carbonyl (C=O) groups is 1. The Morgan fingerprint density at radius 2 is 2.14 bits per heavy atom. The van der Waals surface area contributed by atoms with E-state index in [2.05, 4.69) is 20.6 Å². The molecule has 0 bridgehead atoms. The molecule has 0 atom stereocenters. The zero-order valence-corrected chi connectivity index (χ0v) is 11.6. The van der Waals surface area contributed by atoms with Gasteiger partial charge in [-0.2, -0.15) is 4.52 Å². The third-order valence-corrected chi connectivity index (χ3v) is 2.48. The monoisotopic (exact) mass is 299 g/mol. The molecule has 0 spiro atoms. The third-order valence-electron chi connectivity index (χ3n) is 2.48. The van der Waals surface area contributed by atoms with Crippen molar-refractivity contribution in [2.75, 3.05) is 11.9 Å². The summed E-state index contributed by atoms with van der Waals surface area (Å²) in [6.07, 6.45) is -2.77. The second kappa shape index (κ2) is 6.42. The van der Waals surface area contributed by atoms with Gasteiger partial charge >= 0.3 is 5.97 Å². The minimum Gasteiger partial charge on any atom is -0.463 e. The van der Waals surface area contributed by atoms with Crippen molar-refractivity contribution in [2.45, 2.75) is 32.8 Å². The largest absolute Gasteiger partial charge is 0.463 e. The highest BCUT2D eigenvalue weighted by Crippen LogP contribution is 2.17. The van der Waals surface area contributed by atoms with Gasteiger partial charge in [-0.1, -0.05) is 0 Å². The van der Waals surface area contributed by atoms with Gasteiger partial charge in [-0.25, -0.2) is 8.78 Å². The maximum absolute atomic E-state index is 12.7. The summed E-state index contributed by atoms with van der Waals surface area (Å²) in [7, 11) is 0. The van der Waals surface area contributed by atoms with Crippen molar-refractivity contribution in [3.8, 4) is 0 Å². The van der Waals surface area contributed by atoms with E-state index in [1.165, 1.54) is 6.07 Å². The van der Waals surface area contributed by atoms with Crippen molar-refractivity contribution in [1.82, 2.24) is 19.8 Å². The highest BCUT2D eigenvalue weighted by molar-refractivity contribution is 5.70. The molecule has 0 saturated carbocycles. The first-order valence-corrected chi connectivity index (χ1v) is 6.41. The molecular weight excluding hydrogens is 284 g/mol. The molecule has 0 aromatic carbocycles. The number of rotatable bonds is 6. The van der Waals surface area contributed by atoms with E-state index in [0.29, 0.717) is 5.82 Å². The number of esters is 1. The summed E-state index contributed by atoms with van der Waals surface area (Å²) >= 11 is 0. The van der Waals surface area contributed by atoms with Gasteiger partial charge in [0.2, 0.25) is 5.82 Å². The summed E-state index contributed by atoms with van der Waals surface area (Å²) in [5.41, 5.74) is 0.232. The Labute approximate surface area is 119 Å². The minimum absolute atomic E-state index is 0.155. The van der Waals surface area contributed by atoms with Crippen molar-refractivity contribution in [3.05, 3.63) is 18.0 Å². The fourth-order valence-corrected chi connectivity index (χ4v) is 1.65. The van der Waals surface area contributed by atoms with Crippen LogP contribution in [0.15, 0.2) is 12.1 Å². The second-order valence-electron chi connectivity index (χ2n) is 4.56. The summed E-state index contributed by atoms with van der Waals surface area (Å²) < 4.78 is 31.3. The van der Waals surface area contributed by atoms with Crippen molar-refractivity contribution in [3.63, 3.8) is 0 Å². The quantitative estimate of drug-likeness (QED) is 0.819. The maximum Gasteiger partial charge on any atom is 0.307 e. The summed E-state index contributed by atoms with van der Waals surface area (Å²) in [6.45, 7) is 3.81. The first-order valence-electron chi connectivity index (χ1n) is 6.41. The van der Waals surface area contributed by atoms with E-state index in [0.717, 1.165) is 4.52 Å². The fraction of sp³-hybridized carbons (Fsp3) is 0.500. The number of aromatic nitrogens is 4. The molecule has 7 nitrogen and oxygen atoms in total. The van der Waals surface area contributed by atoms with Crippen molar-refractivity contribution in [1.29, 1.82) is 0 Å². The molecule has 1 N–H and O–H groups in total. The average Bonchev–Trinajstić information content (AvgIpc) is 2.80. The molecule has 0 fully saturated rings. The Kier molecular flexibility index (Phi) is 4.61. The van der Waals surface area contributed by atoms with Gasteiger partial charge in [0.15, 0.2) is 5.65 Å². The lowest BCUT2D eigenvalue weighted by atomic mass is 10.4. The molecule has 2 rings (SSSR count). The topological polar surface area (TPSA) is 81.4 Å². The molecule has 21 heavy (non-hydrogen) atoms. The number of anilines is 1. The summed E-state index contributed by atoms with van der Waals surface area (Å²) in [4.78, 5) is 11.4. The maximum atomic E-state index is 12.7. The molecule has 0 aliphatic carbocycles. The number of nitrogens with zero attached hydrogens (tertiary/aromatic N) is 4. The molecule has 0 unspecified atom stereocenters. The standard InChI is InChI=1S/C12H15F2N5O2/c1-7(2)21-10(20)5-6-15-8-3-4-9-16-17-12(11(13)14)19(9)18-8/h3-4,7,11H,5-6H2,1-2H3,(H,15,18). The number of hydrogen-bond donors (Lipinski definition) is 1. The van der Waals surface area contributed by atoms with Crippen LogP contribution in [0, 0.1) is 0 Å². The molecule has 0 amide bonds. The first kappa shape index (κ1) is 15.1. The van der Waals surface area contributed by atoms with E-state index < -0.39 is 12.2 Å². The van der Waals surface area contributed by atoms with E-state index in [1.54, 1.807) is 19.9 Å². The van der Waals surface area contributed by atoms with Crippen LogP contribution in [0.25, 0.3) is 5.65 Å². The predicted octanol–water partition coefficient (Wildman–Crippen LogP) is 1.82. The van der Waals surface area contributed by atoms with Crippen LogP contribution in [0.4, 0.5) is 14.6 Å². The molecule has 0 saturated heterocycles. The summed E-state index contributed by atoms with van der Waals surface area (Å²) in [5.74, 6) is -0.509. The number of ether oxygens (including phenoxy) is 1. The van der Waals surface area contributed by atoms with Crippen LogP contribution in [0.3, 0.4) is 0 Å². The van der Waals surface area contributed by atoms with E-state index in [1.807, 2.05) is 0 Å². The number of carbonyl (C=O) groups excluding carboxylic acids is 1. The Balaban J connectivity index is 1.99. The number of alkyl halides is 2. The highest BCUT2D eigenvalue weighted by atomic mass is 19.3. The van der Waals surface area contributed by atoms with Gasteiger partial charge in [0.1, 0.15) is 5.82 Å². The molecule has 9 heteroatoms. The summed E-state index contributed by atoms with van der Waals surface area (Å²) in [6, 6.07) is 3.09. The fourth-order valence-electron chi connectivity index (χ4n) is 1.65. The van der Waals surface area contributed by atoms with Crippen LogP contribution in [0.1, 0.15) is 32.5 Å². The molecular formula is C12H15F2N5O2. The number of hydrogen-bond acceptors (Lipinski definition) is 6. The molecule has 0 aliphatic rings. The lowest BCUT2D eigenvalue weighted by molar-refractivity contribution is -0.147. The highest BCUT2D eigenvalue weighted by Gasteiger charge is 2.17. The van der Waals surface area contributed by atoms with Gasteiger partial charge in [-0.3, -0.25) is 4.79 Å². The minimum atomic E-state index is -2.76. The summed E-state index contributed by atoms with van der Waals surface area (Å²) in [5, 5.41) is 13.8. The molecule has 2 heterocycles. The molecule has 114 valence electrons. The van der Waals surface area contributed by atoms with Crippen LogP contribution >= 0.6 is 0 Å². The second-order valence-corrected chi connectivity index (χ2v) is 4.56. The van der Waals surface area contributed by atoms with Crippen molar-refractivity contribution >= 4 is 17.4 Å². The zero-order chi connectivity index (χ0) is 15.4. The first-order chi connectivity index (χ1) is 9.97. The Bertz CT molecular complexity index is 629. The lowest BCUT2D eigenvalue weighted by Crippen LogP contribution is -2.16. The van der Waals surface area contributed by atoms with E-state index in [9.17, 15) is 13.6 Å². The van der Waals surface area contributed by atoms with E-state index in [4.69, 9.17) is 4.74 Å². The van der Waals surface area contributed by atoms with Crippen LogP contribution in [0.2, 0.25) is 0 Å². The van der Waals surface area contributed by atoms with E-state index in [-0.39, 0.29) is 30.7 Å². The van der Waals surface area contributed by atoms with Gasteiger partial charge in [-0.15, -0.1) is 15.3 Å². The SMILES string of the molecule is CC(C)OC(=O)CCNc1ccc2nnc(C(F)F)n2n1. The van der Waals surface area contributed by atoms with Crippen LogP contribution in [-0.4, -0.2) is 38.4 Å². The lowest BCUT2D eigenvalue weighted by Gasteiger charge is -2.09.